The molecule has 1 fully saturated rings. The van der Waals surface area contributed by atoms with Crippen LogP contribution in [0.5, 0.6) is 0 Å². The number of hydrogen-bond donors (Lipinski definition) is 0. The highest BCUT2D eigenvalue weighted by molar-refractivity contribution is 5.97. The number of esters is 1. The van der Waals surface area contributed by atoms with Crippen LogP contribution in [0.3, 0.4) is 0 Å². The fourth-order valence-corrected chi connectivity index (χ4v) is 3.28. The van der Waals surface area contributed by atoms with Crippen molar-refractivity contribution in [1.82, 2.24) is 14.8 Å². The van der Waals surface area contributed by atoms with Crippen LogP contribution in [0, 0.1) is 5.82 Å². The van der Waals surface area contributed by atoms with Crippen LogP contribution in [0.4, 0.5) is 4.39 Å². The molecule has 2 amide bonds. The molecule has 1 aliphatic heterocycles. The lowest BCUT2D eigenvalue weighted by Crippen LogP contribution is -2.40. The van der Waals surface area contributed by atoms with Gasteiger partial charge in [0, 0.05) is 32.0 Å². The minimum absolute atomic E-state index is 0.0283. The molecule has 1 aliphatic rings. The molecule has 0 spiro atoms. The van der Waals surface area contributed by atoms with E-state index in [9.17, 15) is 18.8 Å². The zero-order chi connectivity index (χ0) is 22.2. The lowest BCUT2D eigenvalue weighted by molar-refractivity contribution is -0.142. The maximum atomic E-state index is 14.2. The number of methoxy groups -OCH3 is 1. The van der Waals surface area contributed by atoms with Crippen LogP contribution < -0.4 is 0 Å². The average molecular weight is 429 g/mol. The van der Waals surface area contributed by atoms with Crippen LogP contribution in [0.15, 0.2) is 48.8 Å². The Morgan fingerprint density at radius 1 is 1.16 bits per heavy atom. The van der Waals surface area contributed by atoms with E-state index < -0.39 is 23.8 Å². The normalized spacial score (nSPS) is 16.7. The van der Waals surface area contributed by atoms with Crippen LogP contribution in [0.1, 0.15) is 22.3 Å². The molecule has 0 bridgehead atoms. The number of carbonyl (C=O) groups excluding carboxylic acids is 3. The third-order valence-electron chi connectivity index (χ3n) is 4.97. The molecule has 1 atom stereocenters. The van der Waals surface area contributed by atoms with Gasteiger partial charge in [-0.15, -0.1) is 0 Å². The first-order chi connectivity index (χ1) is 15.0. The molecule has 1 aromatic carbocycles. The van der Waals surface area contributed by atoms with Gasteiger partial charge in [-0.1, -0.05) is 12.1 Å². The summed E-state index contributed by atoms with van der Waals surface area (Å²) in [6, 6.07) is 9.26. The van der Waals surface area contributed by atoms with E-state index in [1.165, 1.54) is 35.1 Å². The molecule has 0 aliphatic carbocycles. The summed E-state index contributed by atoms with van der Waals surface area (Å²) in [6.07, 6.45) is 2.80. The van der Waals surface area contributed by atoms with Gasteiger partial charge >= 0.3 is 5.97 Å². The van der Waals surface area contributed by atoms with Crippen LogP contribution in [0.25, 0.3) is 0 Å². The largest absolute Gasteiger partial charge is 0.469 e. The van der Waals surface area contributed by atoms with Crippen molar-refractivity contribution < 1.29 is 28.2 Å². The van der Waals surface area contributed by atoms with Crippen molar-refractivity contribution in [2.45, 2.75) is 19.1 Å². The number of rotatable bonds is 7. The molecule has 0 unspecified atom stereocenters. The molecule has 2 heterocycles. The first kappa shape index (κ1) is 22.4. The quantitative estimate of drug-likeness (QED) is 0.622. The van der Waals surface area contributed by atoms with Gasteiger partial charge in [-0.3, -0.25) is 19.4 Å². The van der Waals surface area contributed by atoms with Gasteiger partial charge < -0.3 is 19.3 Å². The van der Waals surface area contributed by atoms with Crippen molar-refractivity contribution in [2.24, 2.45) is 0 Å². The van der Waals surface area contributed by atoms with Crippen LogP contribution >= 0.6 is 0 Å². The molecule has 3 rings (SSSR count). The van der Waals surface area contributed by atoms with Gasteiger partial charge in [-0.2, -0.15) is 0 Å². The van der Waals surface area contributed by atoms with Crippen molar-refractivity contribution >= 4 is 17.8 Å². The van der Waals surface area contributed by atoms with E-state index in [-0.39, 0.29) is 50.7 Å². The Labute approximate surface area is 179 Å². The third kappa shape index (κ3) is 6.08. The maximum absolute atomic E-state index is 14.2. The van der Waals surface area contributed by atoms with E-state index in [0.717, 1.165) is 5.56 Å². The topological polar surface area (TPSA) is 89.0 Å². The highest BCUT2D eigenvalue weighted by atomic mass is 19.1. The average Bonchev–Trinajstić information content (AvgIpc) is 2.95. The monoisotopic (exact) mass is 429 g/mol. The third-order valence-corrected chi connectivity index (χ3v) is 4.97. The van der Waals surface area contributed by atoms with E-state index in [0.29, 0.717) is 0 Å². The Morgan fingerprint density at radius 3 is 2.61 bits per heavy atom. The maximum Gasteiger partial charge on any atom is 0.307 e. The van der Waals surface area contributed by atoms with Gasteiger partial charge in [0.1, 0.15) is 12.4 Å². The number of pyridine rings is 1. The van der Waals surface area contributed by atoms with E-state index in [4.69, 9.17) is 4.74 Å². The Hall–Kier alpha value is -3.33. The number of carbonyl (C=O) groups is 3. The zero-order valence-corrected chi connectivity index (χ0v) is 17.2. The van der Waals surface area contributed by atoms with Crippen LogP contribution in [0.2, 0.25) is 0 Å². The predicted molar refractivity (Wildman–Crippen MR) is 108 cm³/mol. The molecular weight excluding hydrogens is 405 g/mol. The summed E-state index contributed by atoms with van der Waals surface area (Å²) in [6.45, 7) is 0.473. The minimum Gasteiger partial charge on any atom is -0.469 e. The highest BCUT2D eigenvalue weighted by Gasteiger charge is 2.32. The van der Waals surface area contributed by atoms with Crippen molar-refractivity contribution in [2.75, 3.05) is 33.3 Å². The number of aromatic nitrogens is 1. The molecule has 9 heteroatoms. The highest BCUT2D eigenvalue weighted by Crippen LogP contribution is 2.16. The van der Waals surface area contributed by atoms with Gasteiger partial charge in [-0.25, -0.2) is 4.39 Å². The molecule has 164 valence electrons. The Balaban J connectivity index is 1.77. The van der Waals surface area contributed by atoms with Gasteiger partial charge in [0.05, 0.1) is 31.8 Å². The molecule has 0 radical (unpaired) electrons. The number of benzene rings is 1. The predicted octanol–water partition coefficient (Wildman–Crippen LogP) is 1.65. The van der Waals surface area contributed by atoms with Crippen molar-refractivity contribution in [3.8, 4) is 0 Å². The summed E-state index contributed by atoms with van der Waals surface area (Å²) in [4.78, 5) is 44.0. The molecule has 8 nitrogen and oxygen atoms in total. The second-order valence-corrected chi connectivity index (χ2v) is 7.12. The van der Waals surface area contributed by atoms with Gasteiger partial charge in [0.2, 0.25) is 5.91 Å². The van der Waals surface area contributed by atoms with Crippen molar-refractivity contribution in [3.63, 3.8) is 0 Å². The summed E-state index contributed by atoms with van der Waals surface area (Å²) in [5.74, 6) is -2.02. The van der Waals surface area contributed by atoms with E-state index in [1.54, 1.807) is 30.6 Å². The van der Waals surface area contributed by atoms with E-state index in [1.807, 2.05) is 0 Å². The molecule has 1 aromatic heterocycles. The lowest BCUT2D eigenvalue weighted by atomic mass is 10.1. The summed E-state index contributed by atoms with van der Waals surface area (Å²) >= 11 is 0. The first-order valence-electron chi connectivity index (χ1n) is 9.87. The molecule has 0 saturated carbocycles. The van der Waals surface area contributed by atoms with Crippen molar-refractivity contribution in [3.05, 3.63) is 65.7 Å². The fraction of sp³-hybridized carbons (Fsp3) is 0.364. The number of ether oxygens (including phenoxy) is 2. The Morgan fingerprint density at radius 2 is 1.90 bits per heavy atom. The molecule has 31 heavy (non-hydrogen) atoms. The zero-order valence-electron chi connectivity index (χ0n) is 17.2. The molecular formula is C22H24FN3O5. The van der Waals surface area contributed by atoms with E-state index in [2.05, 4.69) is 9.72 Å². The smallest absolute Gasteiger partial charge is 0.307 e. The fourth-order valence-electron chi connectivity index (χ4n) is 3.28. The number of hydrogen-bond acceptors (Lipinski definition) is 6. The second-order valence-electron chi connectivity index (χ2n) is 7.12. The molecule has 1 saturated heterocycles. The molecule has 0 N–H and O–H groups in total. The molecule has 2 aromatic rings. The number of nitrogens with zero attached hydrogens (tertiary/aromatic N) is 3. The van der Waals surface area contributed by atoms with Gasteiger partial charge in [0.25, 0.3) is 5.91 Å². The van der Waals surface area contributed by atoms with Gasteiger partial charge in [0.15, 0.2) is 0 Å². The lowest BCUT2D eigenvalue weighted by Gasteiger charge is -2.24. The second kappa shape index (κ2) is 10.6. The summed E-state index contributed by atoms with van der Waals surface area (Å²) in [7, 11) is 1.28. The van der Waals surface area contributed by atoms with Crippen molar-refractivity contribution in [1.29, 1.82) is 0 Å². The van der Waals surface area contributed by atoms with Gasteiger partial charge in [-0.05, 0) is 29.8 Å². The summed E-state index contributed by atoms with van der Waals surface area (Å²) in [5.41, 5.74) is 0.782. The number of halogens is 1. The summed E-state index contributed by atoms with van der Waals surface area (Å²) in [5, 5.41) is 0. The SMILES string of the molecule is COC(=O)CCN1C[C@H](OCc2ccncc2)CN(C(=O)c2ccccc2F)CC1=O. The standard InChI is InChI=1S/C22H24FN3O5/c1-30-21(28)8-11-25-12-17(31-15-16-6-9-24-10-7-16)13-26(14-20(25)27)22(29)18-4-2-3-5-19(18)23/h2-7,9-10,17H,8,11-15H2,1H3/t17-/m0/s1. The minimum atomic E-state index is -0.652. The first-order valence-corrected chi connectivity index (χ1v) is 9.87. The van der Waals surface area contributed by atoms with E-state index >= 15 is 0 Å². The summed E-state index contributed by atoms with van der Waals surface area (Å²) < 4.78 is 24.8. The Bertz CT molecular complexity index is 924. The number of amides is 2. The van der Waals surface area contributed by atoms with Crippen LogP contribution in [-0.2, 0) is 25.7 Å². The van der Waals surface area contributed by atoms with Crippen LogP contribution in [-0.4, -0.2) is 72.0 Å². The Kier molecular flexibility index (Phi) is 7.66.